The quantitative estimate of drug-likeness (QED) is 0.107. The molecule has 170 valence electrons. The van der Waals surface area contributed by atoms with E-state index in [-0.39, 0.29) is 6.47 Å². The number of carbonyl (C=O) groups is 2. The molecule has 0 radical (unpaired) electrons. The van der Waals surface area contributed by atoms with Crippen LogP contribution >= 0.6 is 34.2 Å². The van der Waals surface area contributed by atoms with Crippen molar-refractivity contribution in [3.63, 3.8) is 0 Å². The second-order valence-corrected chi connectivity index (χ2v) is 9.44. The van der Waals surface area contributed by atoms with E-state index in [9.17, 15) is 34.2 Å². The minimum Gasteiger partial charge on any atom is -0.458 e. The van der Waals surface area contributed by atoms with Gasteiger partial charge in [-0.1, -0.05) is 11.6 Å². The molecule has 1 aliphatic rings. The number of rotatable bonds is 9. The maximum atomic E-state index is 14.4. The van der Waals surface area contributed by atoms with Gasteiger partial charge >= 0.3 is 5.97 Å². The van der Waals surface area contributed by atoms with Crippen LogP contribution in [0.25, 0.3) is 0 Å². The summed E-state index contributed by atoms with van der Waals surface area (Å²) >= 11 is 6.95. The molecule has 0 aliphatic carbocycles. The highest BCUT2D eigenvalue weighted by Crippen LogP contribution is 2.43. The molecule has 1 aromatic rings. The Labute approximate surface area is 192 Å². The van der Waals surface area contributed by atoms with Crippen LogP contribution in [-0.4, -0.2) is 56.1 Å². The van der Waals surface area contributed by atoms with E-state index in [4.69, 9.17) is 30.5 Å². The van der Waals surface area contributed by atoms with Gasteiger partial charge in [0.25, 0.3) is 21.0 Å². The third-order valence-electron chi connectivity index (χ3n) is 3.99. The van der Waals surface area contributed by atoms with Crippen LogP contribution in [0, 0.1) is 20.2 Å². The number of ether oxygens (including phenoxy) is 4. The van der Waals surface area contributed by atoms with Gasteiger partial charge < -0.3 is 18.9 Å². The summed E-state index contributed by atoms with van der Waals surface area (Å²) in [5, 5.41) is 21.9. The smallest absolute Gasteiger partial charge is 0.338 e. The number of hydrogen-bond acceptors (Lipinski definition) is 10. The monoisotopic (exact) mass is 576 g/mol. The molecule has 0 bridgehead atoms. The second-order valence-electron chi connectivity index (χ2n) is 6.68. The maximum Gasteiger partial charge on any atom is 0.338 e. The molecule has 1 saturated heterocycles. The molecular weight excluding hydrogens is 562 g/mol. The first-order chi connectivity index (χ1) is 14.2. The summed E-state index contributed by atoms with van der Waals surface area (Å²) in [6, 6.07) is 2.23. The largest absolute Gasteiger partial charge is 0.458 e. The van der Waals surface area contributed by atoms with Crippen molar-refractivity contribution in [2.24, 2.45) is 0 Å². The third-order valence-corrected chi connectivity index (χ3v) is 4.82. The Morgan fingerprint density at radius 1 is 1.32 bits per heavy atom. The predicted octanol–water partition coefficient (Wildman–Crippen LogP) is 3.02. The van der Waals surface area contributed by atoms with Crippen LogP contribution in [-0.2, 0) is 23.7 Å². The first-order valence-electron chi connectivity index (χ1n) is 8.37. The molecule has 0 N–H and O–H groups in total. The van der Waals surface area contributed by atoms with Crippen LogP contribution in [0.4, 0.5) is 15.8 Å². The third kappa shape index (κ3) is 6.41. The van der Waals surface area contributed by atoms with Crippen LogP contribution in [0.5, 0.6) is 0 Å². The van der Waals surface area contributed by atoms with E-state index in [1.807, 2.05) is 0 Å². The predicted molar refractivity (Wildman–Crippen MR) is 109 cm³/mol. The molecule has 4 atom stereocenters. The summed E-state index contributed by atoms with van der Waals surface area (Å²) in [6.45, 7) is 2.26. The fourth-order valence-corrected chi connectivity index (χ4v) is 3.41. The highest BCUT2D eigenvalue weighted by atomic mass is 127. The second kappa shape index (κ2) is 9.54. The van der Waals surface area contributed by atoms with E-state index >= 15 is 0 Å². The van der Waals surface area contributed by atoms with Crippen molar-refractivity contribution in [1.29, 1.82) is 0 Å². The summed E-state index contributed by atoms with van der Waals surface area (Å²) in [6.07, 6.45) is -4.08. The molecule has 1 aliphatic heterocycles. The number of hydrogen-bond donors (Lipinski definition) is 0. The highest BCUT2D eigenvalue weighted by molar-refractivity contribution is 14.1. The lowest BCUT2D eigenvalue weighted by atomic mass is 10.1. The fraction of sp³-hybridized carbons (Fsp3) is 0.500. The lowest BCUT2D eigenvalue weighted by molar-refractivity contribution is -0.394. The van der Waals surface area contributed by atoms with E-state index in [2.05, 4.69) is 0 Å². The first-order valence-corrected chi connectivity index (χ1v) is 9.83. The molecule has 31 heavy (non-hydrogen) atoms. The number of nitro groups is 2. The number of nitrogens with zero attached hydrogens (tertiary/aromatic N) is 2. The summed E-state index contributed by atoms with van der Waals surface area (Å²) in [5.41, 5.74) is -1.90. The molecule has 0 unspecified atom stereocenters. The Kier molecular flexibility index (Phi) is 7.72. The fourth-order valence-electron chi connectivity index (χ4n) is 2.76. The minimum absolute atomic E-state index is 0.0176. The number of non-ortho nitro benzene ring substituents is 2. The number of nitro benzene ring substituents is 2. The molecule has 0 amide bonds. The van der Waals surface area contributed by atoms with E-state index in [1.54, 1.807) is 0 Å². The molecule has 0 aromatic heterocycles. The van der Waals surface area contributed by atoms with E-state index in [0.29, 0.717) is 6.07 Å². The van der Waals surface area contributed by atoms with Gasteiger partial charge in [-0.25, -0.2) is 9.18 Å². The van der Waals surface area contributed by atoms with Crippen molar-refractivity contribution in [3.8, 4) is 0 Å². The Hall–Kier alpha value is -2.17. The zero-order valence-corrected chi connectivity index (χ0v) is 18.8. The lowest BCUT2D eigenvalue weighted by Gasteiger charge is -2.27. The summed E-state index contributed by atoms with van der Waals surface area (Å²) < 4.78 is 32.7. The average Bonchev–Trinajstić information content (AvgIpc) is 3.00. The van der Waals surface area contributed by atoms with Crippen LogP contribution in [0.3, 0.4) is 0 Å². The van der Waals surface area contributed by atoms with Gasteiger partial charge in [-0.3, -0.25) is 25.0 Å². The van der Waals surface area contributed by atoms with Crippen LogP contribution in [0.15, 0.2) is 18.2 Å². The molecule has 2 rings (SSSR count). The maximum absolute atomic E-state index is 14.4. The molecule has 0 spiro atoms. The number of esters is 1. The minimum atomic E-state index is -2.47. The standard InChI is InChI=1S/C16H15ClFIN2O10/c1-15(2)30-12(13(31-15)16(17,18)19)11(29-7-22)6-28-14(23)8-3-9(20(24)25)5-10(4-8)21(26)27/h3-5,7,11-13H,6H2,1-2H3/t11-,12+,13+,16+/m1/s1. The molecule has 0 saturated carbocycles. The molecule has 1 heterocycles. The Morgan fingerprint density at radius 3 is 2.32 bits per heavy atom. The van der Waals surface area contributed by atoms with Crippen LogP contribution in [0.1, 0.15) is 24.2 Å². The van der Waals surface area contributed by atoms with Gasteiger partial charge in [0.05, 0.1) is 21.5 Å². The Morgan fingerprint density at radius 2 is 1.87 bits per heavy atom. The summed E-state index contributed by atoms with van der Waals surface area (Å²) in [5.74, 6) is -2.49. The molecule has 1 fully saturated rings. The van der Waals surface area contributed by atoms with Crippen molar-refractivity contribution in [3.05, 3.63) is 44.0 Å². The lowest BCUT2D eigenvalue weighted by Crippen LogP contribution is -2.46. The summed E-state index contributed by atoms with van der Waals surface area (Å²) in [4.78, 5) is 43.3. The van der Waals surface area contributed by atoms with Gasteiger partial charge in [0.2, 0.25) is 0 Å². The van der Waals surface area contributed by atoms with Crippen LogP contribution < -0.4 is 0 Å². The molecule has 12 nitrogen and oxygen atoms in total. The summed E-state index contributed by atoms with van der Waals surface area (Å²) in [7, 11) is 0. The highest BCUT2D eigenvalue weighted by Gasteiger charge is 2.55. The van der Waals surface area contributed by atoms with Gasteiger partial charge in [0.15, 0.2) is 11.9 Å². The van der Waals surface area contributed by atoms with Gasteiger partial charge in [-0.05, 0) is 36.4 Å². The topological polar surface area (TPSA) is 157 Å². The zero-order valence-electron chi connectivity index (χ0n) is 15.9. The van der Waals surface area contributed by atoms with Crippen LogP contribution in [0.2, 0.25) is 0 Å². The molecule has 1 aromatic carbocycles. The van der Waals surface area contributed by atoms with E-state index in [1.165, 1.54) is 36.4 Å². The SMILES string of the molecule is CC1(C)O[C@@H]([C@@H](COC(=O)c2cc([N+](=O)[O-])cc([N+](=O)[O-])c2)OC=O)[C@@H]([C@@](F)(Cl)I)O1. The number of carbonyl (C=O) groups excluding carboxylic acids is 2. The van der Waals surface area contributed by atoms with Gasteiger partial charge in [0.1, 0.15) is 18.8 Å². The van der Waals surface area contributed by atoms with Crippen molar-refractivity contribution in [2.45, 2.75) is 41.1 Å². The van der Waals surface area contributed by atoms with Gasteiger partial charge in [-0.15, -0.1) is 0 Å². The van der Waals surface area contributed by atoms with Crippen molar-refractivity contribution >= 4 is 58.0 Å². The zero-order chi connectivity index (χ0) is 23.6. The van der Waals surface area contributed by atoms with Crippen molar-refractivity contribution in [1.82, 2.24) is 0 Å². The Bertz CT molecular complexity index is 861. The Balaban J connectivity index is 2.24. The molecule has 15 heteroatoms. The van der Waals surface area contributed by atoms with E-state index in [0.717, 1.165) is 12.1 Å². The molecular formula is C16H15ClFIN2O10. The van der Waals surface area contributed by atoms with Crippen molar-refractivity contribution in [2.75, 3.05) is 6.61 Å². The average molecular weight is 577 g/mol. The normalized spacial score (nSPS) is 22.7. The number of benzene rings is 1. The first kappa shape index (κ1) is 25.1. The van der Waals surface area contributed by atoms with Gasteiger partial charge in [-0.2, -0.15) is 0 Å². The number of alkyl halides is 3. The number of halogens is 3. The van der Waals surface area contributed by atoms with E-state index < -0.39 is 66.6 Å². The van der Waals surface area contributed by atoms with Crippen molar-refractivity contribution < 1.29 is 42.8 Å². The van der Waals surface area contributed by atoms with Gasteiger partial charge in [0, 0.05) is 12.1 Å².